The molecule has 0 aliphatic rings. The molecule has 2 aromatic carbocycles. The van der Waals surface area contributed by atoms with E-state index in [1.165, 1.54) is 6.07 Å². The van der Waals surface area contributed by atoms with E-state index < -0.39 is 29.7 Å². The number of nitrogens with zero attached hydrogens (tertiary/aromatic N) is 1. The van der Waals surface area contributed by atoms with Gasteiger partial charge in [0.1, 0.15) is 6.04 Å². The van der Waals surface area contributed by atoms with Crippen molar-refractivity contribution in [2.24, 2.45) is 0 Å². The highest BCUT2D eigenvalue weighted by Gasteiger charge is 2.30. The predicted octanol–water partition coefficient (Wildman–Crippen LogP) is 3.00. The Labute approximate surface area is 146 Å². The van der Waals surface area contributed by atoms with Crippen molar-refractivity contribution in [3.63, 3.8) is 0 Å². The van der Waals surface area contributed by atoms with Crippen molar-refractivity contribution in [1.29, 1.82) is 5.26 Å². The third kappa shape index (κ3) is 4.60. The van der Waals surface area contributed by atoms with Crippen LogP contribution in [0.4, 0.5) is 13.2 Å². The zero-order valence-electron chi connectivity index (χ0n) is 13.2. The number of alkyl halides is 3. The lowest BCUT2D eigenvalue weighted by molar-refractivity contribution is -0.139. The summed E-state index contributed by atoms with van der Waals surface area (Å²) in [6.45, 7) is 0. The van der Waals surface area contributed by atoms with Crippen LogP contribution in [0, 0.1) is 11.3 Å². The van der Waals surface area contributed by atoms with Gasteiger partial charge in [-0.05, 0) is 35.9 Å². The normalized spacial score (nSPS) is 12.1. The van der Waals surface area contributed by atoms with E-state index in [0.29, 0.717) is 5.56 Å². The van der Waals surface area contributed by atoms with Gasteiger partial charge >= 0.3 is 12.1 Å². The number of carboxylic acid groups (broad SMARTS) is 1. The van der Waals surface area contributed by atoms with Gasteiger partial charge in [0.05, 0.1) is 17.2 Å². The zero-order chi connectivity index (χ0) is 19.3. The Kier molecular flexibility index (Phi) is 5.62. The highest BCUT2D eigenvalue weighted by molar-refractivity contribution is 5.96. The topological polar surface area (TPSA) is 90.2 Å². The Balaban J connectivity index is 2.16. The van der Waals surface area contributed by atoms with Crippen molar-refractivity contribution < 1.29 is 27.9 Å². The summed E-state index contributed by atoms with van der Waals surface area (Å²) < 4.78 is 37.6. The van der Waals surface area contributed by atoms with Gasteiger partial charge in [0.15, 0.2) is 0 Å². The molecule has 2 aromatic rings. The van der Waals surface area contributed by atoms with Crippen LogP contribution in [0.3, 0.4) is 0 Å². The average molecular weight is 362 g/mol. The number of carboxylic acids is 1. The summed E-state index contributed by atoms with van der Waals surface area (Å²) in [5, 5.41) is 20.6. The molecule has 2 rings (SSSR count). The van der Waals surface area contributed by atoms with E-state index in [9.17, 15) is 27.9 Å². The molecule has 134 valence electrons. The smallest absolute Gasteiger partial charge is 0.416 e. The monoisotopic (exact) mass is 362 g/mol. The molecule has 26 heavy (non-hydrogen) atoms. The molecule has 1 atom stereocenters. The number of hydrogen-bond acceptors (Lipinski definition) is 3. The second-order valence-corrected chi connectivity index (χ2v) is 5.41. The summed E-state index contributed by atoms with van der Waals surface area (Å²) in [5.74, 6) is -2.14. The third-order valence-corrected chi connectivity index (χ3v) is 3.64. The fourth-order valence-corrected chi connectivity index (χ4v) is 2.28. The van der Waals surface area contributed by atoms with Gasteiger partial charge < -0.3 is 10.4 Å². The van der Waals surface area contributed by atoms with E-state index in [0.717, 1.165) is 24.3 Å². The third-order valence-electron chi connectivity index (χ3n) is 3.64. The lowest BCUT2D eigenvalue weighted by Gasteiger charge is -2.15. The maximum absolute atomic E-state index is 12.5. The zero-order valence-corrected chi connectivity index (χ0v) is 13.2. The number of carbonyl (C=O) groups excluding carboxylic acids is 1. The molecule has 1 amide bonds. The van der Waals surface area contributed by atoms with Gasteiger partial charge in [0, 0.05) is 12.0 Å². The molecular weight excluding hydrogens is 349 g/mol. The molecule has 8 heteroatoms. The van der Waals surface area contributed by atoms with Gasteiger partial charge in [-0.25, -0.2) is 4.79 Å². The highest BCUT2D eigenvalue weighted by atomic mass is 19.4. The van der Waals surface area contributed by atoms with Crippen molar-refractivity contribution in [2.75, 3.05) is 0 Å². The molecule has 0 aliphatic heterocycles. The molecule has 0 spiro atoms. The number of amides is 1. The minimum Gasteiger partial charge on any atom is -0.480 e. The first kappa shape index (κ1) is 19.0. The number of halogens is 3. The van der Waals surface area contributed by atoms with Gasteiger partial charge in [-0.15, -0.1) is 0 Å². The molecule has 0 saturated heterocycles. The van der Waals surface area contributed by atoms with Crippen LogP contribution >= 0.6 is 0 Å². The SMILES string of the molecule is N#Cc1ccccc1C[C@@H](NC(=O)c1ccc(C(F)(F)F)cc1)C(=O)O. The first-order chi connectivity index (χ1) is 12.2. The fourth-order valence-electron chi connectivity index (χ4n) is 2.28. The molecule has 0 heterocycles. The molecule has 0 fully saturated rings. The van der Waals surface area contributed by atoms with Crippen molar-refractivity contribution in [3.05, 3.63) is 70.8 Å². The van der Waals surface area contributed by atoms with Crippen molar-refractivity contribution in [3.8, 4) is 6.07 Å². The lowest BCUT2D eigenvalue weighted by atomic mass is 10.0. The maximum Gasteiger partial charge on any atom is 0.416 e. The van der Waals surface area contributed by atoms with Gasteiger partial charge in [-0.1, -0.05) is 18.2 Å². The van der Waals surface area contributed by atoms with Crippen LogP contribution in [-0.4, -0.2) is 23.0 Å². The number of benzene rings is 2. The minimum absolute atomic E-state index is 0.0992. The summed E-state index contributed by atoms with van der Waals surface area (Å²) in [6.07, 6.45) is -4.66. The number of hydrogen-bond donors (Lipinski definition) is 2. The van der Waals surface area contributed by atoms with Gasteiger partial charge in [-0.2, -0.15) is 18.4 Å². The van der Waals surface area contributed by atoms with Gasteiger partial charge in [0.25, 0.3) is 5.91 Å². The Morgan fingerprint density at radius 3 is 2.27 bits per heavy atom. The maximum atomic E-state index is 12.5. The second kappa shape index (κ2) is 7.70. The molecule has 5 nitrogen and oxygen atoms in total. The van der Waals surface area contributed by atoms with E-state index in [2.05, 4.69) is 5.32 Å². The molecular formula is C18H13F3N2O3. The summed E-state index contributed by atoms with van der Waals surface area (Å²) in [4.78, 5) is 23.6. The van der Waals surface area contributed by atoms with Crippen LogP contribution in [0.1, 0.15) is 27.0 Å². The van der Waals surface area contributed by atoms with Crippen molar-refractivity contribution in [2.45, 2.75) is 18.6 Å². The molecule has 0 unspecified atom stereocenters. The molecule has 0 aromatic heterocycles. The summed E-state index contributed by atoms with van der Waals surface area (Å²) in [7, 11) is 0. The van der Waals surface area contributed by atoms with Crippen LogP contribution in [-0.2, 0) is 17.4 Å². The Bertz CT molecular complexity index is 855. The fraction of sp³-hybridized carbons (Fsp3) is 0.167. The van der Waals surface area contributed by atoms with Crippen LogP contribution < -0.4 is 5.32 Å². The van der Waals surface area contributed by atoms with Crippen LogP contribution in [0.2, 0.25) is 0 Å². The first-order valence-corrected chi connectivity index (χ1v) is 7.41. The Morgan fingerprint density at radius 1 is 1.12 bits per heavy atom. The number of carbonyl (C=O) groups is 2. The quantitative estimate of drug-likeness (QED) is 0.856. The molecule has 0 bridgehead atoms. The van der Waals surface area contributed by atoms with E-state index in [1.54, 1.807) is 18.2 Å². The van der Waals surface area contributed by atoms with Crippen LogP contribution in [0.15, 0.2) is 48.5 Å². The molecule has 2 N–H and O–H groups in total. The molecule has 0 saturated carbocycles. The first-order valence-electron chi connectivity index (χ1n) is 7.41. The Hall–Kier alpha value is -3.34. The number of nitriles is 1. The van der Waals surface area contributed by atoms with E-state index >= 15 is 0 Å². The minimum atomic E-state index is -4.53. The summed E-state index contributed by atoms with van der Waals surface area (Å²) >= 11 is 0. The van der Waals surface area contributed by atoms with Gasteiger partial charge in [-0.3, -0.25) is 4.79 Å². The summed E-state index contributed by atoms with van der Waals surface area (Å²) in [5.41, 5.74) is -0.290. The predicted molar refractivity (Wildman–Crippen MR) is 85.2 cm³/mol. The number of aliphatic carboxylic acids is 1. The van der Waals surface area contributed by atoms with Crippen molar-refractivity contribution in [1.82, 2.24) is 5.32 Å². The number of nitrogens with one attached hydrogen (secondary N) is 1. The molecule has 0 radical (unpaired) electrons. The van der Waals surface area contributed by atoms with Crippen molar-refractivity contribution >= 4 is 11.9 Å². The van der Waals surface area contributed by atoms with E-state index in [-0.39, 0.29) is 17.5 Å². The number of rotatable bonds is 5. The summed E-state index contributed by atoms with van der Waals surface area (Å²) in [6, 6.07) is 10.4. The largest absolute Gasteiger partial charge is 0.480 e. The highest BCUT2D eigenvalue weighted by Crippen LogP contribution is 2.29. The Morgan fingerprint density at radius 2 is 1.73 bits per heavy atom. The lowest BCUT2D eigenvalue weighted by Crippen LogP contribution is -2.42. The standard InChI is InChI=1S/C18H13F3N2O3/c19-18(20,21)14-7-5-11(6-8-14)16(24)23-15(17(25)26)9-12-3-1-2-4-13(12)10-22/h1-8,15H,9H2,(H,23,24)(H,25,26)/t15-/m1/s1. The second-order valence-electron chi connectivity index (χ2n) is 5.41. The van der Waals surface area contributed by atoms with E-state index in [1.807, 2.05) is 6.07 Å². The molecule has 0 aliphatic carbocycles. The average Bonchev–Trinajstić information content (AvgIpc) is 2.60. The van der Waals surface area contributed by atoms with Crippen LogP contribution in [0.25, 0.3) is 0 Å². The van der Waals surface area contributed by atoms with E-state index in [4.69, 9.17) is 5.26 Å². The van der Waals surface area contributed by atoms with Crippen LogP contribution in [0.5, 0.6) is 0 Å². The van der Waals surface area contributed by atoms with Gasteiger partial charge in [0.2, 0.25) is 0 Å².